The second-order valence-electron chi connectivity index (χ2n) is 6.44. The Balaban J connectivity index is 2.00. The standard InChI is InChI=1S/C20H18F3N3O/c1-12-4-5-17(6-13(12)2)25-19(27)15-7-16(20(21,22)23)9-18(8-15)26-10-14(3)24-11-26/h4-11H,1-3H3,(H,25,27). The number of hydrogen-bond donors (Lipinski definition) is 1. The molecule has 0 radical (unpaired) electrons. The van der Waals surface area contributed by atoms with E-state index >= 15 is 0 Å². The highest BCUT2D eigenvalue weighted by atomic mass is 19.4. The number of nitrogens with one attached hydrogen (secondary N) is 1. The predicted molar refractivity (Wildman–Crippen MR) is 97.2 cm³/mol. The van der Waals surface area contributed by atoms with Gasteiger partial charge in [0.1, 0.15) is 0 Å². The molecule has 0 aliphatic rings. The van der Waals surface area contributed by atoms with Gasteiger partial charge in [-0.25, -0.2) is 4.98 Å². The normalized spacial score (nSPS) is 11.5. The number of nitrogens with zero attached hydrogens (tertiary/aromatic N) is 2. The molecule has 0 bridgehead atoms. The number of anilines is 1. The summed E-state index contributed by atoms with van der Waals surface area (Å²) in [4.78, 5) is 16.6. The lowest BCUT2D eigenvalue weighted by Crippen LogP contribution is -2.15. The lowest BCUT2D eigenvalue weighted by molar-refractivity contribution is -0.137. The fourth-order valence-corrected chi connectivity index (χ4v) is 2.64. The Kier molecular flexibility index (Phi) is 4.78. The maximum absolute atomic E-state index is 13.3. The Morgan fingerprint density at radius 1 is 1.04 bits per heavy atom. The molecule has 3 rings (SSSR count). The van der Waals surface area contributed by atoms with Crippen molar-refractivity contribution in [3.8, 4) is 5.69 Å². The number of aromatic nitrogens is 2. The van der Waals surface area contributed by atoms with Crippen molar-refractivity contribution >= 4 is 11.6 Å². The average molecular weight is 373 g/mol. The van der Waals surface area contributed by atoms with E-state index in [1.54, 1.807) is 25.3 Å². The monoisotopic (exact) mass is 373 g/mol. The number of benzene rings is 2. The smallest absolute Gasteiger partial charge is 0.322 e. The summed E-state index contributed by atoms with van der Waals surface area (Å²) in [6.45, 7) is 5.57. The molecule has 0 fully saturated rings. The van der Waals surface area contributed by atoms with Gasteiger partial charge >= 0.3 is 6.18 Å². The first-order valence-corrected chi connectivity index (χ1v) is 8.25. The van der Waals surface area contributed by atoms with Crippen LogP contribution in [0.15, 0.2) is 48.9 Å². The number of amides is 1. The highest BCUT2D eigenvalue weighted by molar-refractivity contribution is 6.04. The van der Waals surface area contributed by atoms with Crippen LogP contribution in [0.25, 0.3) is 5.69 Å². The van der Waals surface area contributed by atoms with Gasteiger partial charge in [0.2, 0.25) is 0 Å². The number of rotatable bonds is 3. The van der Waals surface area contributed by atoms with Crippen LogP contribution < -0.4 is 5.32 Å². The van der Waals surface area contributed by atoms with Gasteiger partial charge in [-0.05, 0) is 62.2 Å². The van der Waals surface area contributed by atoms with E-state index in [0.29, 0.717) is 11.4 Å². The van der Waals surface area contributed by atoms with Crippen molar-refractivity contribution < 1.29 is 18.0 Å². The summed E-state index contributed by atoms with van der Waals surface area (Å²) in [6, 6.07) is 8.59. The van der Waals surface area contributed by atoms with Gasteiger partial charge in [0, 0.05) is 23.1 Å². The highest BCUT2D eigenvalue weighted by Crippen LogP contribution is 2.32. The molecular formula is C20H18F3N3O. The van der Waals surface area contributed by atoms with E-state index < -0.39 is 17.6 Å². The molecule has 0 unspecified atom stereocenters. The van der Waals surface area contributed by atoms with Gasteiger partial charge in [-0.3, -0.25) is 4.79 Å². The van der Waals surface area contributed by atoms with Gasteiger partial charge in [-0.2, -0.15) is 13.2 Å². The zero-order valence-corrected chi connectivity index (χ0v) is 15.1. The number of halogens is 3. The van der Waals surface area contributed by atoms with Crippen LogP contribution in [0.1, 0.15) is 32.7 Å². The van der Waals surface area contributed by atoms with Gasteiger partial charge < -0.3 is 9.88 Å². The summed E-state index contributed by atoms with van der Waals surface area (Å²) in [5.74, 6) is -0.609. The number of carbonyl (C=O) groups is 1. The van der Waals surface area contributed by atoms with Crippen molar-refractivity contribution in [1.29, 1.82) is 0 Å². The quantitative estimate of drug-likeness (QED) is 0.697. The topological polar surface area (TPSA) is 46.9 Å². The summed E-state index contributed by atoms with van der Waals surface area (Å²) >= 11 is 0. The lowest BCUT2D eigenvalue weighted by atomic mass is 10.1. The molecule has 7 heteroatoms. The van der Waals surface area contributed by atoms with Gasteiger partial charge in [0.15, 0.2) is 0 Å². The van der Waals surface area contributed by atoms with Crippen LogP contribution in [0.5, 0.6) is 0 Å². The van der Waals surface area contributed by atoms with Crippen LogP contribution in [0.2, 0.25) is 0 Å². The van der Waals surface area contributed by atoms with Crippen molar-refractivity contribution in [1.82, 2.24) is 9.55 Å². The Bertz CT molecular complexity index is 1010. The largest absolute Gasteiger partial charge is 0.416 e. The molecule has 2 aromatic carbocycles. The van der Waals surface area contributed by atoms with Crippen molar-refractivity contribution in [2.75, 3.05) is 5.32 Å². The molecule has 0 aliphatic heterocycles. The third kappa shape index (κ3) is 4.19. The molecule has 1 amide bonds. The number of imidazole rings is 1. The summed E-state index contributed by atoms with van der Waals surface area (Å²) in [5.41, 5.74) is 2.47. The molecule has 3 aromatic rings. The van der Waals surface area contributed by atoms with E-state index in [9.17, 15) is 18.0 Å². The van der Waals surface area contributed by atoms with E-state index in [2.05, 4.69) is 10.3 Å². The minimum Gasteiger partial charge on any atom is -0.322 e. The van der Waals surface area contributed by atoms with E-state index in [1.165, 1.54) is 17.0 Å². The molecule has 1 N–H and O–H groups in total. The van der Waals surface area contributed by atoms with Crippen LogP contribution in [-0.4, -0.2) is 15.5 Å². The molecular weight excluding hydrogens is 355 g/mol. The van der Waals surface area contributed by atoms with Crippen LogP contribution in [0, 0.1) is 20.8 Å². The Morgan fingerprint density at radius 2 is 1.78 bits per heavy atom. The fraction of sp³-hybridized carbons (Fsp3) is 0.200. The van der Waals surface area contributed by atoms with Gasteiger partial charge in [0.25, 0.3) is 5.91 Å². The van der Waals surface area contributed by atoms with Crippen molar-refractivity contribution in [3.63, 3.8) is 0 Å². The first-order chi connectivity index (χ1) is 12.6. The van der Waals surface area contributed by atoms with Crippen LogP contribution in [0.3, 0.4) is 0 Å². The first-order valence-electron chi connectivity index (χ1n) is 8.25. The number of aryl methyl sites for hydroxylation is 3. The summed E-state index contributed by atoms with van der Waals surface area (Å²) < 4.78 is 41.4. The van der Waals surface area contributed by atoms with Crippen LogP contribution >= 0.6 is 0 Å². The SMILES string of the molecule is Cc1cn(-c2cc(C(=O)Nc3ccc(C)c(C)c3)cc(C(F)(F)F)c2)cn1. The fourth-order valence-electron chi connectivity index (χ4n) is 2.64. The molecule has 0 saturated heterocycles. The Morgan fingerprint density at radius 3 is 2.37 bits per heavy atom. The predicted octanol–water partition coefficient (Wildman–Crippen LogP) is 5.07. The molecule has 0 saturated carbocycles. The second kappa shape index (κ2) is 6.90. The molecule has 1 aromatic heterocycles. The molecule has 140 valence electrons. The number of hydrogen-bond acceptors (Lipinski definition) is 2. The maximum Gasteiger partial charge on any atom is 0.416 e. The minimum absolute atomic E-state index is 0.0793. The summed E-state index contributed by atoms with van der Waals surface area (Å²) in [6.07, 6.45) is -1.56. The Labute approximate surface area is 154 Å². The van der Waals surface area contributed by atoms with Crippen molar-refractivity contribution in [2.45, 2.75) is 26.9 Å². The third-order valence-corrected chi connectivity index (χ3v) is 4.28. The van der Waals surface area contributed by atoms with E-state index in [4.69, 9.17) is 0 Å². The summed E-state index contributed by atoms with van der Waals surface area (Å²) in [5, 5.41) is 2.66. The molecule has 0 spiro atoms. The van der Waals surface area contributed by atoms with Crippen molar-refractivity contribution in [3.05, 3.63) is 76.9 Å². The lowest BCUT2D eigenvalue weighted by Gasteiger charge is -2.13. The minimum atomic E-state index is -4.57. The van der Waals surface area contributed by atoms with Gasteiger partial charge in [-0.15, -0.1) is 0 Å². The molecule has 4 nitrogen and oxygen atoms in total. The second-order valence-corrected chi connectivity index (χ2v) is 6.44. The number of alkyl halides is 3. The van der Waals surface area contributed by atoms with E-state index in [0.717, 1.165) is 23.3 Å². The average Bonchev–Trinajstić information content (AvgIpc) is 3.03. The number of carbonyl (C=O) groups excluding carboxylic acids is 1. The van der Waals surface area contributed by atoms with E-state index in [-0.39, 0.29) is 11.3 Å². The van der Waals surface area contributed by atoms with Crippen LogP contribution in [0.4, 0.5) is 18.9 Å². The maximum atomic E-state index is 13.3. The molecule has 1 heterocycles. The molecule has 0 aliphatic carbocycles. The zero-order chi connectivity index (χ0) is 19.8. The van der Waals surface area contributed by atoms with Crippen molar-refractivity contribution in [2.24, 2.45) is 0 Å². The third-order valence-electron chi connectivity index (χ3n) is 4.28. The highest BCUT2D eigenvalue weighted by Gasteiger charge is 2.32. The Hall–Kier alpha value is -3.09. The molecule has 0 atom stereocenters. The van der Waals surface area contributed by atoms with Crippen LogP contribution in [-0.2, 0) is 6.18 Å². The first kappa shape index (κ1) is 18.7. The summed E-state index contributed by atoms with van der Waals surface area (Å²) in [7, 11) is 0. The zero-order valence-electron chi connectivity index (χ0n) is 15.1. The van der Waals surface area contributed by atoms with Gasteiger partial charge in [0.05, 0.1) is 17.6 Å². The molecule has 27 heavy (non-hydrogen) atoms. The van der Waals surface area contributed by atoms with E-state index in [1.807, 2.05) is 19.9 Å². The van der Waals surface area contributed by atoms with Gasteiger partial charge in [-0.1, -0.05) is 6.07 Å².